The van der Waals surface area contributed by atoms with Crippen molar-refractivity contribution >= 4 is 43.6 Å². The largest absolute Gasteiger partial charge is 0.309 e. The normalized spacial score (nSPS) is 11.6. The average Bonchev–Trinajstić information content (AvgIpc) is 3.79. The molecule has 0 N–H and O–H groups in total. The van der Waals surface area contributed by atoms with Crippen LogP contribution >= 0.6 is 0 Å². The van der Waals surface area contributed by atoms with Crippen LogP contribution < -0.4 is 0 Å². The molecule has 0 radical (unpaired) electrons. The van der Waals surface area contributed by atoms with Crippen LogP contribution in [0.1, 0.15) is 0 Å². The molecule has 0 saturated carbocycles. The zero-order valence-electron chi connectivity index (χ0n) is 30.7. The Bertz CT molecular complexity index is 3210. The molecule has 2 heterocycles. The summed E-state index contributed by atoms with van der Waals surface area (Å²) in [6.07, 6.45) is 0. The van der Waals surface area contributed by atoms with Crippen molar-refractivity contribution in [2.24, 2.45) is 0 Å². The SMILES string of the molecule is c1ccc(-c2cccc(-c3ccc4c(c3)c3cc(-c5ccc(-c6ccc7c(c6)c6ccccc6n7-c6ccccc6)cc5)ccc3n4-c3ccccc3)c2)cc1. The van der Waals surface area contributed by atoms with Gasteiger partial charge in [0.05, 0.1) is 22.1 Å². The molecule has 9 aromatic carbocycles. The fourth-order valence-electron chi connectivity index (χ4n) is 8.61. The summed E-state index contributed by atoms with van der Waals surface area (Å²) in [7, 11) is 0. The molecular weight excluding hydrogens is 677 g/mol. The summed E-state index contributed by atoms with van der Waals surface area (Å²) >= 11 is 0. The molecule has 0 aliphatic rings. The maximum atomic E-state index is 2.40. The Labute approximate surface area is 325 Å². The van der Waals surface area contributed by atoms with Crippen molar-refractivity contribution in [3.8, 4) is 55.9 Å². The molecule has 0 bridgehead atoms. The first-order valence-corrected chi connectivity index (χ1v) is 19.3. The van der Waals surface area contributed by atoms with Crippen molar-refractivity contribution in [2.75, 3.05) is 0 Å². The first kappa shape index (κ1) is 32.0. The van der Waals surface area contributed by atoms with Gasteiger partial charge in [-0.2, -0.15) is 0 Å². The Morgan fingerprint density at radius 2 is 0.518 bits per heavy atom. The van der Waals surface area contributed by atoms with Gasteiger partial charge >= 0.3 is 0 Å². The third kappa shape index (κ3) is 5.34. The van der Waals surface area contributed by atoms with E-state index in [0.29, 0.717) is 0 Å². The van der Waals surface area contributed by atoms with Crippen LogP contribution in [0.3, 0.4) is 0 Å². The molecule has 11 rings (SSSR count). The summed E-state index contributed by atoms with van der Waals surface area (Å²) in [6, 6.07) is 79.4. The van der Waals surface area contributed by atoms with Crippen molar-refractivity contribution in [2.45, 2.75) is 0 Å². The quantitative estimate of drug-likeness (QED) is 0.162. The van der Waals surface area contributed by atoms with E-state index in [0.717, 1.165) is 5.69 Å². The predicted octanol–water partition coefficient (Wildman–Crippen LogP) is 14.5. The van der Waals surface area contributed by atoms with Gasteiger partial charge in [0.25, 0.3) is 0 Å². The molecule has 2 nitrogen and oxygen atoms in total. The molecule has 0 amide bonds. The van der Waals surface area contributed by atoms with Crippen LogP contribution in [0.15, 0.2) is 218 Å². The van der Waals surface area contributed by atoms with Gasteiger partial charge in [0.1, 0.15) is 0 Å². The van der Waals surface area contributed by atoms with Crippen LogP contribution in [0, 0.1) is 0 Å². The third-order valence-corrected chi connectivity index (χ3v) is 11.3. The van der Waals surface area contributed by atoms with Gasteiger partial charge in [-0.15, -0.1) is 0 Å². The standard InChI is InChI=1S/C54H36N2/c1-4-13-37(14-5-1)40-15-12-16-41(33-40)44-29-32-54-50(36-44)49-35-43(28-31-53(49)56(54)46-19-8-3-9-20-46)39-25-23-38(24-26-39)42-27-30-52-48(34-42)47-21-10-11-22-51(47)55(52)45-17-6-2-7-18-45/h1-36H. The molecule has 0 spiro atoms. The lowest BCUT2D eigenvalue weighted by molar-refractivity contribution is 1.18. The highest BCUT2D eigenvalue weighted by atomic mass is 15.0. The second-order valence-electron chi connectivity index (χ2n) is 14.6. The van der Waals surface area contributed by atoms with Crippen molar-refractivity contribution in [3.63, 3.8) is 0 Å². The fourth-order valence-corrected chi connectivity index (χ4v) is 8.61. The summed E-state index contributed by atoms with van der Waals surface area (Å²) in [5.41, 5.74) is 16.9. The minimum atomic E-state index is 1.16. The highest BCUT2D eigenvalue weighted by Gasteiger charge is 2.16. The lowest BCUT2D eigenvalue weighted by Gasteiger charge is -2.09. The first-order valence-electron chi connectivity index (χ1n) is 19.3. The van der Waals surface area contributed by atoms with Crippen molar-refractivity contribution in [3.05, 3.63) is 218 Å². The molecular formula is C54H36N2. The lowest BCUT2D eigenvalue weighted by Crippen LogP contribution is -1.93. The number of rotatable bonds is 6. The van der Waals surface area contributed by atoms with Crippen molar-refractivity contribution in [1.82, 2.24) is 9.13 Å². The smallest absolute Gasteiger partial charge is 0.0541 e. The van der Waals surface area contributed by atoms with E-state index >= 15 is 0 Å². The van der Waals surface area contributed by atoms with Gasteiger partial charge in [0.2, 0.25) is 0 Å². The van der Waals surface area contributed by atoms with E-state index in [1.54, 1.807) is 0 Å². The van der Waals surface area contributed by atoms with Gasteiger partial charge in [-0.3, -0.25) is 0 Å². The molecule has 0 aliphatic heterocycles. The summed E-state index contributed by atoms with van der Waals surface area (Å²) in [5.74, 6) is 0. The molecule has 0 unspecified atom stereocenters. The topological polar surface area (TPSA) is 9.86 Å². The van der Waals surface area contributed by atoms with Crippen LogP contribution in [0.25, 0.3) is 99.5 Å². The summed E-state index contributed by atoms with van der Waals surface area (Å²) in [4.78, 5) is 0. The number of fused-ring (bicyclic) bond motifs is 6. The van der Waals surface area contributed by atoms with E-state index < -0.39 is 0 Å². The van der Waals surface area contributed by atoms with E-state index in [9.17, 15) is 0 Å². The third-order valence-electron chi connectivity index (χ3n) is 11.3. The Balaban J connectivity index is 1.00. The van der Waals surface area contributed by atoms with Gasteiger partial charge < -0.3 is 9.13 Å². The van der Waals surface area contributed by atoms with Crippen LogP contribution in [-0.4, -0.2) is 9.13 Å². The van der Waals surface area contributed by atoms with Gasteiger partial charge in [-0.05, 0) is 117 Å². The second-order valence-corrected chi connectivity index (χ2v) is 14.6. The Hall–Kier alpha value is -7.42. The van der Waals surface area contributed by atoms with Crippen LogP contribution in [-0.2, 0) is 0 Å². The molecule has 56 heavy (non-hydrogen) atoms. The highest BCUT2D eigenvalue weighted by molar-refractivity contribution is 6.12. The van der Waals surface area contributed by atoms with Crippen molar-refractivity contribution < 1.29 is 0 Å². The number of nitrogens with zero attached hydrogens (tertiary/aromatic N) is 2. The molecule has 0 aliphatic carbocycles. The number of aromatic nitrogens is 2. The lowest BCUT2D eigenvalue weighted by atomic mass is 9.96. The molecule has 262 valence electrons. The zero-order valence-corrected chi connectivity index (χ0v) is 30.7. The zero-order chi connectivity index (χ0) is 37.0. The van der Waals surface area contributed by atoms with Gasteiger partial charge in [-0.1, -0.05) is 146 Å². The van der Waals surface area contributed by atoms with Gasteiger partial charge in [-0.25, -0.2) is 0 Å². The van der Waals surface area contributed by atoms with E-state index in [1.165, 1.54) is 93.8 Å². The molecule has 2 aromatic heterocycles. The number of hydrogen-bond donors (Lipinski definition) is 0. The van der Waals surface area contributed by atoms with E-state index in [4.69, 9.17) is 0 Å². The maximum Gasteiger partial charge on any atom is 0.0541 e. The Kier molecular flexibility index (Phi) is 7.53. The Morgan fingerprint density at radius 3 is 1.04 bits per heavy atom. The number of hydrogen-bond acceptors (Lipinski definition) is 0. The summed E-state index contributed by atoms with van der Waals surface area (Å²) in [6.45, 7) is 0. The van der Waals surface area contributed by atoms with E-state index in [1.807, 2.05) is 0 Å². The minimum absolute atomic E-state index is 1.16. The molecule has 0 fully saturated rings. The molecule has 0 atom stereocenters. The van der Waals surface area contributed by atoms with Crippen LogP contribution in [0.5, 0.6) is 0 Å². The molecule has 0 saturated heterocycles. The van der Waals surface area contributed by atoms with Crippen LogP contribution in [0.4, 0.5) is 0 Å². The van der Waals surface area contributed by atoms with Crippen LogP contribution in [0.2, 0.25) is 0 Å². The Morgan fingerprint density at radius 1 is 0.196 bits per heavy atom. The maximum absolute atomic E-state index is 2.40. The average molecular weight is 713 g/mol. The summed E-state index contributed by atoms with van der Waals surface area (Å²) < 4.78 is 4.76. The van der Waals surface area contributed by atoms with Crippen molar-refractivity contribution in [1.29, 1.82) is 0 Å². The van der Waals surface area contributed by atoms with E-state index in [2.05, 4.69) is 228 Å². The minimum Gasteiger partial charge on any atom is -0.309 e. The monoisotopic (exact) mass is 712 g/mol. The molecule has 11 aromatic rings. The first-order chi connectivity index (χ1) is 27.8. The van der Waals surface area contributed by atoms with Gasteiger partial charge in [0.15, 0.2) is 0 Å². The highest BCUT2D eigenvalue weighted by Crippen LogP contribution is 2.39. The van der Waals surface area contributed by atoms with E-state index in [-0.39, 0.29) is 0 Å². The predicted molar refractivity (Wildman–Crippen MR) is 237 cm³/mol. The van der Waals surface area contributed by atoms with Gasteiger partial charge in [0, 0.05) is 32.9 Å². The number of para-hydroxylation sites is 3. The second kappa shape index (κ2) is 13.2. The fraction of sp³-hybridized carbons (Fsp3) is 0. The number of benzene rings is 9. The summed E-state index contributed by atoms with van der Waals surface area (Å²) in [5, 5.41) is 5.01. The molecule has 2 heteroatoms.